The zero-order chi connectivity index (χ0) is 20.4. The van der Waals surface area contributed by atoms with E-state index in [1.807, 2.05) is 42.5 Å². The molecule has 0 aliphatic carbocycles. The maximum atomic E-state index is 8.67. The fourth-order valence-electron chi connectivity index (χ4n) is 3.01. The molecule has 114 valence electrons. The van der Waals surface area contributed by atoms with Gasteiger partial charge in [0.15, 0.2) is 0 Å². The fourth-order valence-corrected chi connectivity index (χ4v) is 3.30. The Bertz CT molecular complexity index is 1460. The van der Waals surface area contributed by atoms with Crippen LogP contribution in [0.4, 0.5) is 0 Å². The summed E-state index contributed by atoms with van der Waals surface area (Å²) in [6.07, 6.45) is 0. The van der Waals surface area contributed by atoms with Crippen LogP contribution in [0.15, 0.2) is 83.2 Å². The Morgan fingerprint density at radius 3 is 2.58 bits per heavy atom. The van der Waals surface area contributed by atoms with Crippen LogP contribution in [-0.2, 0) is 0 Å². The van der Waals surface area contributed by atoms with Gasteiger partial charge in [-0.15, -0.1) is 0 Å². The first kappa shape index (κ1) is 9.51. The normalized spacial score (nSPS) is 14.5. The lowest BCUT2D eigenvalue weighted by molar-refractivity contribution is 0.673. The molecule has 1 heterocycles. The van der Waals surface area contributed by atoms with Crippen molar-refractivity contribution in [3.8, 4) is 11.1 Å². The number of halogens is 1. The number of furan rings is 1. The molecule has 5 aromatic rings. The molecule has 1 nitrogen and oxygen atoms in total. The summed E-state index contributed by atoms with van der Waals surface area (Å²) in [5.41, 5.74) is 2.17. The van der Waals surface area contributed by atoms with Crippen LogP contribution in [0, 0.1) is 0 Å². The molecular weight excluding hydrogens is 316 g/mol. The quantitative estimate of drug-likeness (QED) is 0.320. The Balaban J connectivity index is 1.98. The van der Waals surface area contributed by atoms with E-state index in [9.17, 15) is 0 Å². The van der Waals surface area contributed by atoms with Crippen molar-refractivity contribution >= 4 is 44.3 Å². The summed E-state index contributed by atoms with van der Waals surface area (Å²) in [6.45, 7) is 0. The fraction of sp³-hybridized carbons (Fsp3) is 0. The van der Waals surface area contributed by atoms with E-state index in [0.717, 1.165) is 5.56 Å². The Morgan fingerprint density at radius 1 is 0.833 bits per heavy atom. The minimum Gasteiger partial charge on any atom is -0.455 e. The van der Waals surface area contributed by atoms with Gasteiger partial charge in [0.2, 0.25) is 0 Å². The third kappa shape index (κ3) is 1.95. The molecule has 0 fully saturated rings. The molecule has 0 aliphatic rings. The van der Waals surface area contributed by atoms with Crippen LogP contribution in [0.2, 0.25) is 5.02 Å². The minimum atomic E-state index is -0.239. The van der Waals surface area contributed by atoms with E-state index in [-0.39, 0.29) is 46.2 Å². The summed E-state index contributed by atoms with van der Waals surface area (Å²) >= 11 is 6.50. The van der Waals surface area contributed by atoms with E-state index in [0.29, 0.717) is 27.3 Å². The molecular formula is C22H13ClO. The lowest BCUT2D eigenvalue weighted by atomic mass is 10.0. The van der Waals surface area contributed by atoms with Gasteiger partial charge >= 0.3 is 0 Å². The van der Waals surface area contributed by atoms with Gasteiger partial charge in [0.05, 0.1) is 11.9 Å². The standard InChI is InChI=1S/C22H13ClO/c23-19-12-16-8-4-5-9-17(16)22-21(19)18-11-10-15(13-20(18)24-22)14-6-2-1-3-7-14/h1-13H/i4D,5D,9D,12D,13D. The number of rotatable bonds is 1. The van der Waals surface area contributed by atoms with Gasteiger partial charge in [-0.05, 0) is 34.7 Å². The summed E-state index contributed by atoms with van der Waals surface area (Å²) in [5, 5.41) is 1.76. The third-order valence-corrected chi connectivity index (χ3v) is 4.41. The minimum absolute atomic E-state index is 0.0162. The number of hydrogen-bond acceptors (Lipinski definition) is 1. The molecule has 0 amide bonds. The largest absolute Gasteiger partial charge is 0.455 e. The summed E-state index contributed by atoms with van der Waals surface area (Å²) in [4.78, 5) is 0. The molecule has 2 heteroatoms. The number of benzene rings is 4. The van der Waals surface area contributed by atoms with Crippen LogP contribution in [0.5, 0.6) is 0 Å². The lowest BCUT2D eigenvalue weighted by Gasteiger charge is -2.01. The van der Waals surface area contributed by atoms with Crippen LogP contribution in [0.25, 0.3) is 43.8 Å². The van der Waals surface area contributed by atoms with E-state index in [1.165, 1.54) is 6.07 Å². The second-order valence-electron chi connectivity index (χ2n) is 5.55. The van der Waals surface area contributed by atoms with Crippen LogP contribution >= 0.6 is 11.6 Å². The third-order valence-electron chi connectivity index (χ3n) is 4.13. The van der Waals surface area contributed by atoms with E-state index in [1.54, 1.807) is 0 Å². The highest BCUT2D eigenvalue weighted by Gasteiger charge is 2.14. The highest BCUT2D eigenvalue weighted by Crippen LogP contribution is 2.40. The molecule has 24 heavy (non-hydrogen) atoms. The molecule has 4 aromatic carbocycles. The Kier molecular flexibility index (Phi) is 2.03. The zero-order valence-corrected chi connectivity index (χ0v) is 13.2. The van der Waals surface area contributed by atoms with Gasteiger partial charge in [0.1, 0.15) is 11.2 Å². The summed E-state index contributed by atoms with van der Waals surface area (Å²) in [7, 11) is 0. The van der Waals surface area contributed by atoms with E-state index in [2.05, 4.69) is 0 Å². The van der Waals surface area contributed by atoms with Crippen molar-refractivity contribution in [2.24, 2.45) is 0 Å². The van der Waals surface area contributed by atoms with Crippen molar-refractivity contribution in [1.29, 1.82) is 0 Å². The van der Waals surface area contributed by atoms with Gasteiger partial charge in [-0.1, -0.05) is 72.2 Å². The van der Waals surface area contributed by atoms with E-state index < -0.39 is 0 Å². The first-order valence-electron chi connectivity index (χ1n) is 10.00. The van der Waals surface area contributed by atoms with E-state index in [4.69, 9.17) is 22.9 Å². The SMILES string of the molecule is [2H]c1cc2c([2H])c(Cl)c3c4ccc(-c5ccccc5)c([2H])c4oc3c2c([2H])c1[2H]. The van der Waals surface area contributed by atoms with Gasteiger partial charge in [-0.2, -0.15) is 0 Å². The molecule has 0 bridgehead atoms. The molecule has 0 spiro atoms. The smallest absolute Gasteiger partial charge is 0.144 e. The van der Waals surface area contributed by atoms with Crippen LogP contribution in [0.1, 0.15) is 6.85 Å². The van der Waals surface area contributed by atoms with Crippen molar-refractivity contribution in [3.63, 3.8) is 0 Å². The second-order valence-corrected chi connectivity index (χ2v) is 5.93. The van der Waals surface area contributed by atoms with Crippen molar-refractivity contribution < 1.29 is 11.3 Å². The van der Waals surface area contributed by atoms with Gasteiger partial charge in [-0.3, -0.25) is 0 Å². The lowest BCUT2D eigenvalue weighted by Crippen LogP contribution is -1.77. The van der Waals surface area contributed by atoms with Gasteiger partial charge < -0.3 is 4.42 Å². The first-order chi connectivity index (χ1) is 13.9. The predicted molar refractivity (Wildman–Crippen MR) is 102 cm³/mol. The maximum absolute atomic E-state index is 8.67. The average Bonchev–Trinajstić information content (AvgIpc) is 3.11. The molecule has 5 rings (SSSR count). The van der Waals surface area contributed by atoms with E-state index >= 15 is 0 Å². The van der Waals surface area contributed by atoms with Crippen molar-refractivity contribution in [1.82, 2.24) is 0 Å². The second kappa shape index (κ2) is 5.12. The van der Waals surface area contributed by atoms with Crippen molar-refractivity contribution in [3.05, 3.63) is 83.8 Å². The molecule has 0 atom stereocenters. The highest BCUT2D eigenvalue weighted by molar-refractivity contribution is 6.39. The Morgan fingerprint density at radius 2 is 1.71 bits per heavy atom. The summed E-state index contributed by atoms with van der Waals surface area (Å²) in [6, 6.07) is 14.1. The molecule has 1 aromatic heterocycles. The van der Waals surface area contributed by atoms with Crippen molar-refractivity contribution in [2.45, 2.75) is 0 Å². The van der Waals surface area contributed by atoms with Crippen molar-refractivity contribution in [2.75, 3.05) is 0 Å². The summed E-state index contributed by atoms with van der Waals surface area (Å²) < 4.78 is 47.4. The molecule has 0 aliphatic heterocycles. The highest BCUT2D eigenvalue weighted by atomic mass is 35.5. The van der Waals surface area contributed by atoms with Crippen LogP contribution < -0.4 is 0 Å². The topological polar surface area (TPSA) is 13.1 Å². The van der Waals surface area contributed by atoms with Gasteiger partial charge in [-0.25, -0.2) is 0 Å². The summed E-state index contributed by atoms with van der Waals surface area (Å²) in [5.74, 6) is 0. The predicted octanol–water partition coefficient (Wildman–Crippen LogP) is 7.06. The monoisotopic (exact) mass is 333 g/mol. The first-order valence-corrected chi connectivity index (χ1v) is 7.87. The molecule has 0 radical (unpaired) electrons. The Labute approximate surface area is 151 Å². The maximum Gasteiger partial charge on any atom is 0.144 e. The number of fused-ring (bicyclic) bond motifs is 5. The number of hydrogen-bond donors (Lipinski definition) is 0. The Hall–Kier alpha value is -2.77. The van der Waals surface area contributed by atoms with Crippen LogP contribution in [0.3, 0.4) is 0 Å². The molecule has 0 saturated carbocycles. The average molecular weight is 334 g/mol. The zero-order valence-electron chi connectivity index (χ0n) is 17.4. The van der Waals surface area contributed by atoms with Gasteiger partial charge in [0.25, 0.3) is 0 Å². The molecule has 0 saturated heterocycles. The van der Waals surface area contributed by atoms with Crippen LogP contribution in [-0.4, -0.2) is 0 Å². The molecule has 0 unspecified atom stereocenters. The van der Waals surface area contributed by atoms with Gasteiger partial charge in [0, 0.05) is 16.2 Å². The molecule has 0 N–H and O–H groups in total.